The standard InChI is InChI=1S/C62H108N6O33/c1-37(72)49(63)48-55(81)52(78)43(31-69)99-60(48)96-28-25-90-16-13-87-19-22-93-34-40(75)9-5-4-6-11-42(59(85)86)68-58(84)41(67-47(77)36-95-24-21-89-15-18-92-27-30-98-62-51(66-39(3)74)57(83)54(80)45(33-71)101-62)10-7-8-12-64-46(76)35-94-23-20-88-14-17-91-26-29-97-61-50(65-38(2)73)56(82)53(79)44(32-70)100-61/h41-45,48,50-57,60-63,69-71,78-83H,4-36H2,1-3H3,(H,64,76)(H,65,73)(H,66,74)(H,67,77)(H,68,84)(H,85,86)/p-1/t41?,42-,43?,44+,45?,48+,50+,51+,52?,53?,54?,55?,56?,57?,60?,61+,62?/m0/s1. The molecule has 3 fully saturated rings. The molecule has 11 unspecified atom stereocenters. The van der Waals surface area contributed by atoms with Crippen molar-refractivity contribution < 1.29 is 160 Å². The smallest absolute Gasteiger partial charge is 0.246 e. The van der Waals surface area contributed by atoms with Crippen LogP contribution >= 0.6 is 0 Å². The van der Waals surface area contributed by atoms with Gasteiger partial charge in [-0.2, -0.15) is 0 Å². The van der Waals surface area contributed by atoms with Gasteiger partial charge in [0.25, 0.3) is 0 Å². The third kappa shape index (κ3) is 35.9. The number of hydrogen-bond donors (Lipinski definition) is 15. The van der Waals surface area contributed by atoms with Crippen molar-refractivity contribution in [3.8, 4) is 0 Å². The summed E-state index contributed by atoms with van der Waals surface area (Å²) >= 11 is 0. The van der Waals surface area contributed by atoms with Crippen molar-refractivity contribution in [2.24, 2.45) is 5.92 Å². The molecule has 0 aromatic rings. The van der Waals surface area contributed by atoms with E-state index in [-0.39, 0.29) is 177 Å². The van der Waals surface area contributed by atoms with E-state index in [0.717, 1.165) is 6.92 Å². The summed E-state index contributed by atoms with van der Waals surface area (Å²) in [5.41, 5.74) is -0.503. The summed E-state index contributed by atoms with van der Waals surface area (Å²) in [5.74, 6) is -6.68. The van der Waals surface area contributed by atoms with E-state index < -0.39 is 177 Å². The fourth-order valence-corrected chi connectivity index (χ4v) is 10.2. The molecule has 101 heavy (non-hydrogen) atoms. The van der Waals surface area contributed by atoms with Crippen LogP contribution in [-0.4, -0.2) is 362 Å². The summed E-state index contributed by atoms with van der Waals surface area (Å²) in [5, 5.41) is 123. The molecule has 0 aromatic carbocycles. The minimum absolute atomic E-state index is 0.0191. The first-order chi connectivity index (χ1) is 48.4. The molecule has 3 rings (SSSR count). The fourth-order valence-electron chi connectivity index (χ4n) is 10.2. The number of ether oxygens (including phenoxy) is 15. The Morgan fingerprint density at radius 3 is 1.24 bits per heavy atom. The topological polar surface area (TPSA) is 564 Å². The van der Waals surface area contributed by atoms with Crippen LogP contribution < -0.4 is 31.7 Å². The lowest BCUT2D eigenvalue weighted by molar-refractivity contribution is -0.308. The third-order valence-corrected chi connectivity index (χ3v) is 15.5. The van der Waals surface area contributed by atoms with Crippen LogP contribution in [0.2, 0.25) is 0 Å². The lowest BCUT2D eigenvalue weighted by Crippen LogP contribution is -2.64. The van der Waals surface area contributed by atoms with Crippen LogP contribution in [0.3, 0.4) is 0 Å². The number of carboxylic acids is 1. The van der Waals surface area contributed by atoms with E-state index in [2.05, 4.69) is 26.6 Å². The van der Waals surface area contributed by atoms with Crippen molar-refractivity contribution in [1.82, 2.24) is 26.6 Å². The predicted molar refractivity (Wildman–Crippen MR) is 339 cm³/mol. The van der Waals surface area contributed by atoms with Crippen molar-refractivity contribution in [3.63, 3.8) is 0 Å². The lowest BCUT2D eigenvalue weighted by Gasteiger charge is -2.42. The zero-order chi connectivity index (χ0) is 74.5. The van der Waals surface area contributed by atoms with Gasteiger partial charge in [0.15, 0.2) is 30.4 Å². The van der Waals surface area contributed by atoms with E-state index >= 15 is 0 Å². The highest BCUT2D eigenvalue weighted by Gasteiger charge is 2.49. The number of aliphatic hydroxyl groups excluding tert-OH is 9. The maximum absolute atomic E-state index is 13.6. The molecule has 0 bridgehead atoms. The Morgan fingerprint density at radius 2 is 0.812 bits per heavy atom. The van der Waals surface area contributed by atoms with Crippen LogP contribution in [0.4, 0.5) is 0 Å². The number of Topliss-reactive ketones (excluding diaryl/α,β-unsaturated/α-hetero) is 2. The molecule has 3 aliphatic rings. The van der Waals surface area contributed by atoms with E-state index in [1.807, 2.05) is 0 Å². The zero-order valence-corrected chi connectivity index (χ0v) is 57.5. The first-order valence-electron chi connectivity index (χ1n) is 33.6. The highest BCUT2D eigenvalue weighted by atomic mass is 16.7. The Morgan fingerprint density at radius 1 is 0.436 bits per heavy atom. The first-order valence-corrected chi connectivity index (χ1v) is 33.6. The van der Waals surface area contributed by atoms with Gasteiger partial charge in [-0.05, 0) is 32.1 Å². The maximum Gasteiger partial charge on any atom is 0.246 e. The summed E-state index contributed by atoms with van der Waals surface area (Å²) in [6, 6.07) is -4.90. The Balaban J connectivity index is 1.34. The first kappa shape index (κ1) is 90.1. The van der Waals surface area contributed by atoms with Crippen LogP contribution in [0.25, 0.3) is 0 Å². The second kappa shape index (κ2) is 52.8. The largest absolute Gasteiger partial charge is 0.548 e. The van der Waals surface area contributed by atoms with Gasteiger partial charge in [0.1, 0.15) is 86.8 Å². The highest BCUT2D eigenvalue weighted by Crippen LogP contribution is 2.29. The molecule has 3 aliphatic heterocycles. The van der Waals surface area contributed by atoms with Gasteiger partial charge >= 0.3 is 0 Å². The molecule has 0 aromatic heterocycles. The number of nitrogens with one attached hydrogen (secondary N) is 6. The van der Waals surface area contributed by atoms with Gasteiger partial charge in [0.05, 0.1) is 168 Å². The molecule has 0 saturated carbocycles. The van der Waals surface area contributed by atoms with E-state index in [9.17, 15) is 89.4 Å². The average molecular weight is 1460 g/mol. The number of carbonyl (C=O) groups is 8. The Labute approximate surface area is 584 Å². The minimum Gasteiger partial charge on any atom is -0.548 e. The molecular formula is C62H107N6O33-. The van der Waals surface area contributed by atoms with Gasteiger partial charge in [-0.3, -0.25) is 33.6 Å². The quantitative estimate of drug-likeness (QED) is 0.0199. The van der Waals surface area contributed by atoms with Gasteiger partial charge < -0.3 is 159 Å². The molecule has 0 radical (unpaired) electrons. The normalized spacial score (nSPS) is 25.7. The monoisotopic (exact) mass is 1460 g/mol. The summed E-state index contributed by atoms with van der Waals surface area (Å²) < 4.78 is 82.2. The van der Waals surface area contributed by atoms with Crippen molar-refractivity contribution in [2.75, 3.05) is 165 Å². The van der Waals surface area contributed by atoms with Crippen molar-refractivity contribution in [3.05, 3.63) is 0 Å². The Kier molecular flexibility index (Phi) is 47.1. The average Bonchev–Trinajstić information content (AvgIpc) is 0.813. The van der Waals surface area contributed by atoms with Crippen LogP contribution in [-0.2, 0) is 109 Å². The van der Waals surface area contributed by atoms with Crippen LogP contribution in [0.15, 0.2) is 0 Å². The van der Waals surface area contributed by atoms with E-state index in [0.29, 0.717) is 19.3 Å². The number of rotatable bonds is 58. The van der Waals surface area contributed by atoms with E-state index in [1.54, 1.807) is 0 Å². The highest BCUT2D eigenvalue weighted by molar-refractivity contribution is 6.38. The number of unbranched alkanes of at least 4 members (excludes halogenated alkanes) is 3. The number of amides is 5. The summed E-state index contributed by atoms with van der Waals surface area (Å²) in [4.78, 5) is 99.0. The van der Waals surface area contributed by atoms with Gasteiger partial charge in [0, 0.05) is 33.7 Å². The molecule has 5 amide bonds. The van der Waals surface area contributed by atoms with Gasteiger partial charge in [0.2, 0.25) is 29.5 Å². The lowest BCUT2D eigenvalue weighted by atomic mass is 9.86. The number of aliphatic hydroxyl groups is 9. The molecule has 0 spiro atoms. The zero-order valence-electron chi connectivity index (χ0n) is 57.5. The molecule has 39 nitrogen and oxygen atoms in total. The van der Waals surface area contributed by atoms with E-state index in [4.69, 9.17) is 76.5 Å². The van der Waals surface area contributed by atoms with Gasteiger partial charge in [-0.15, -0.1) is 0 Å². The molecule has 3 heterocycles. The number of hydrogen-bond acceptors (Lipinski definition) is 34. The molecular weight excluding hydrogens is 1360 g/mol. The fraction of sp³-hybridized carbons (Fsp3) is 0.855. The van der Waals surface area contributed by atoms with Gasteiger partial charge in [-0.1, -0.05) is 12.8 Å². The van der Waals surface area contributed by atoms with Crippen LogP contribution in [0.5, 0.6) is 0 Å². The molecule has 17 atom stereocenters. The second-order valence-corrected chi connectivity index (χ2v) is 23.5. The van der Waals surface area contributed by atoms with Crippen molar-refractivity contribution in [2.45, 2.75) is 170 Å². The molecule has 584 valence electrons. The SMILES string of the molecule is CC(=O)N[C@H]1C(OCCOCCOCCOCC(=O)NC(CCCCNC(=O)COCCOCCOCCO[C@@H]2O[C@H](CO)C(O)C(O)[C@H]2NC(C)=O)C(=O)N[C@@H](CCCCCC(=O)COCCOCCOCCOC2OC(CO)C(O)C(O)[C@H]2C(=N)C(C)=O)C(=O)[O-])OC(CO)C(O)C1O. The van der Waals surface area contributed by atoms with Crippen molar-refractivity contribution >= 4 is 52.8 Å². The van der Waals surface area contributed by atoms with Gasteiger partial charge in [-0.25, -0.2) is 0 Å². The third-order valence-electron chi connectivity index (χ3n) is 15.5. The Hall–Kier alpha value is -5.13. The minimum atomic E-state index is -1.58. The Bertz CT molecular complexity index is 2390. The molecule has 15 N–H and O–H groups in total. The predicted octanol–water partition coefficient (Wildman–Crippen LogP) is -8.74. The number of aliphatic carboxylic acids is 1. The molecule has 3 saturated heterocycles. The number of carbonyl (C=O) groups excluding carboxylic acids is 8. The number of ketones is 2. The van der Waals surface area contributed by atoms with E-state index in [1.165, 1.54) is 13.8 Å². The van der Waals surface area contributed by atoms with Crippen LogP contribution in [0.1, 0.15) is 72.1 Å². The summed E-state index contributed by atoms with van der Waals surface area (Å²) in [6.07, 6.45) is -14.3. The summed E-state index contributed by atoms with van der Waals surface area (Å²) in [6.45, 7) is 2.15. The van der Waals surface area contributed by atoms with Crippen molar-refractivity contribution in [1.29, 1.82) is 5.41 Å². The molecule has 39 heteroatoms. The van der Waals surface area contributed by atoms with Crippen LogP contribution in [0, 0.1) is 11.3 Å². The summed E-state index contributed by atoms with van der Waals surface area (Å²) in [7, 11) is 0. The molecule has 0 aliphatic carbocycles. The number of carboxylic acid groups (broad SMARTS) is 1. The second-order valence-electron chi connectivity index (χ2n) is 23.5. The maximum atomic E-state index is 13.6.